The number of benzene rings is 1. The third-order valence-corrected chi connectivity index (χ3v) is 3.16. The molecule has 0 aliphatic rings. The summed E-state index contributed by atoms with van der Waals surface area (Å²) in [7, 11) is 0. The Morgan fingerprint density at radius 2 is 2.05 bits per heavy atom. The molecule has 4 heteroatoms. The zero-order valence-electron chi connectivity index (χ0n) is 12.3. The fourth-order valence-electron chi connectivity index (χ4n) is 1.89. The van der Waals surface area contributed by atoms with E-state index in [-0.39, 0.29) is 5.91 Å². The lowest BCUT2D eigenvalue weighted by molar-refractivity contribution is 0.0954. The van der Waals surface area contributed by atoms with E-state index in [1.807, 2.05) is 18.2 Å². The molecule has 0 bridgehead atoms. The SMILES string of the molecule is CCCCOc1ccc(C(=O)NCCc2ccoc2)cc1. The first-order valence-corrected chi connectivity index (χ1v) is 7.31. The molecule has 0 saturated carbocycles. The van der Waals surface area contributed by atoms with E-state index in [2.05, 4.69) is 12.2 Å². The Morgan fingerprint density at radius 1 is 1.24 bits per heavy atom. The first-order chi connectivity index (χ1) is 10.3. The predicted molar refractivity (Wildman–Crippen MR) is 81.6 cm³/mol. The summed E-state index contributed by atoms with van der Waals surface area (Å²) in [6.07, 6.45) is 6.23. The van der Waals surface area contributed by atoms with E-state index >= 15 is 0 Å². The van der Waals surface area contributed by atoms with Gasteiger partial charge in [-0.1, -0.05) is 13.3 Å². The van der Waals surface area contributed by atoms with Gasteiger partial charge in [0.05, 0.1) is 19.1 Å². The van der Waals surface area contributed by atoms with Gasteiger partial charge < -0.3 is 14.5 Å². The molecule has 112 valence electrons. The van der Waals surface area contributed by atoms with Gasteiger partial charge in [-0.3, -0.25) is 4.79 Å². The van der Waals surface area contributed by atoms with Crippen LogP contribution >= 0.6 is 0 Å². The predicted octanol–water partition coefficient (Wildman–Crippen LogP) is 3.43. The van der Waals surface area contributed by atoms with E-state index in [1.54, 1.807) is 24.7 Å². The van der Waals surface area contributed by atoms with E-state index < -0.39 is 0 Å². The van der Waals surface area contributed by atoms with Crippen LogP contribution in [0, 0.1) is 0 Å². The van der Waals surface area contributed by atoms with Crippen molar-refractivity contribution in [1.29, 1.82) is 0 Å². The Kier molecular flexibility index (Phi) is 5.88. The Morgan fingerprint density at radius 3 is 2.71 bits per heavy atom. The summed E-state index contributed by atoms with van der Waals surface area (Å²) in [4.78, 5) is 12.0. The van der Waals surface area contributed by atoms with Gasteiger partial charge in [-0.05, 0) is 48.7 Å². The van der Waals surface area contributed by atoms with Gasteiger partial charge in [-0.2, -0.15) is 0 Å². The number of carbonyl (C=O) groups excluding carboxylic acids is 1. The van der Waals surface area contributed by atoms with Gasteiger partial charge in [-0.15, -0.1) is 0 Å². The largest absolute Gasteiger partial charge is 0.494 e. The quantitative estimate of drug-likeness (QED) is 0.757. The topological polar surface area (TPSA) is 51.5 Å². The maximum atomic E-state index is 12.0. The molecule has 2 aromatic rings. The van der Waals surface area contributed by atoms with Crippen LogP contribution in [0.1, 0.15) is 35.7 Å². The summed E-state index contributed by atoms with van der Waals surface area (Å²) in [5.74, 6) is 0.733. The molecule has 2 rings (SSSR count). The number of amides is 1. The number of unbranched alkanes of at least 4 members (excludes halogenated alkanes) is 1. The van der Waals surface area contributed by atoms with Gasteiger partial charge in [0.1, 0.15) is 5.75 Å². The monoisotopic (exact) mass is 287 g/mol. The molecule has 0 atom stereocenters. The number of hydrogen-bond donors (Lipinski definition) is 1. The average molecular weight is 287 g/mol. The third kappa shape index (κ3) is 4.99. The minimum absolute atomic E-state index is 0.0707. The maximum Gasteiger partial charge on any atom is 0.251 e. The number of furan rings is 1. The van der Waals surface area contributed by atoms with E-state index in [0.717, 1.165) is 30.6 Å². The first-order valence-electron chi connectivity index (χ1n) is 7.31. The molecular formula is C17H21NO3. The van der Waals surface area contributed by atoms with Gasteiger partial charge in [0.25, 0.3) is 5.91 Å². The van der Waals surface area contributed by atoms with Crippen LogP contribution in [0.25, 0.3) is 0 Å². The molecule has 1 aromatic carbocycles. The minimum atomic E-state index is -0.0707. The van der Waals surface area contributed by atoms with Gasteiger partial charge >= 0.3 is 0 Å². The van der Waals surface area contributed by atoms with Gasteiger partial charge in [0, 0.05) is 12.1 Å². The molecule has 0 aliphatic heterocycles. The second kappa shape index (κ2) is 8.15. The Hall–Kier alpha value is -2.23. The van der Waals surface area contributed by atoms with Crippen LogP contribution in [0.3, 0.4) is 0 Å². The van der Waals surface area contributed by atoms with Crippen molar-refractivity contribution in [2.75, 3.05) is 13.2 Å². The lowest BCUT2D eigenvalue weighted by Gasteiger charge is -2.07. The molecule has 1 amide bonds. The first kappa shape index (κ1) is 15.2. The zero-order valence-corrected chi connectivity index (χ0v) is 12.3. The molecule has 0 aliphatic carbocycles. The zero-order chi connectivity index (χ0) is 14.9. The van der Waals surface area contributed by atoms with Gasteiger partial charge in [0.15, 0.2) is 0 Å². The van der Waals surface area contributed by atoms with Crippen LogP contribution in [-0.2, 0) is 6.42 Å². The molecule has 4 nitrogen and oxygen atoms in total. The van der Waals surface area contributed by atoms with E-state index in [9.17, 15) is 4.79 Å². The Bertz CT molecular complexity index is 532. The molecule has 1 N–H and O–H groups in total. The highest BCUT2D eigenvalue weighted by Crippen LogP contribution is 2.12. The number of ether oxygens (including phenoxy) is 1. The second-order valence-electron chi connectivity index (χ2n) is 4.86. The van der Waals surface area contributed by atoms with Crippen molar-refractivity contribution in [3.05, 3.63) is 54.0 Å². The van der Waals surface area contributed by atoms with Gasteiger partial charge in [-0.25, -0.2) is 0 Å². The summed E-state index contributed by atoms with van der Waals surface area (Å²) < 4.78 is 10.6. The molecular weight excluding hydrogens is 266 g/mol. The van der Waals surface area contributed by atoms with Crippen molar-refractivity contribution < 1.29 is 13.9 Å². The number of nitrogens with one attached hydrogen (secondary N) is 1. The molecule has 0 saturated heterocycles. The fourth-order valence-corrected chi connectivity index (χ4v) is 1.89. The standard InChI is InChI=1S/C17H21NO3/c1-2-3-11-21-16-6-4-15(5-7-16)17(19)18-10-8-14-9-12-20-13-14/h4-7,9,12-13H,2-3,8,10-11H2,1H3,(H,18,19). The number of rotatable bonds is 8. The minimum Gasteiger partial charge on any atom is -0.494 e. The van der Waals surface area contributed by atoms with E-state index in [0.29, 0.717) is 18.7 Å². The van der Waals surface area contributed by atoms with Crippen molar-refractivity contribution in [3.63, 3.8) is 0 Å². The molecule has 0 spiro atoms. The molecule has 1 aromatic heterocycles. The second-order valence-corrected chi connectivity index (χ2v) is 4.86. The number of hydrogen-bond acceptors (Lipinski definition) is 3. The molecule has 0 radical (unpaired) electrons. The summed E-state index contributed by atoms with van der Waals surface area (Å²) in [5, 5.41) is 2.89. The summed E-state index contributed by atoms with van der Waals surface area (Å²) in [5.41, 5.74) is 1.72. The fraction of sp³-hybridized carbons (Fsp3) is 0.353. The smallest absolute Gasteiger partial charge is 0.251 e. The van der Waals surface area contributed by atoms with Crippen LogP contribution in [0.4, 0.5) is 0 Å². The lowest BCUT2D eigenvalue weighted by Crippen LogP contribution is -2.25. The van der Waals surface area contributed by atoms with Crippen molar-refractivity contribution in [3.8, 4) is 5.75 Å². The highest BCUT2D eigenvalue weighted by atomic mass is 16.5. The van der Waals surface area contributed by atoms with Crippen LogP contribution in [0.15, 0.2) is 47.3 Å². The third-order valence-electron chi connectivity index (χ3n) is 3.16. The Balaban J connectivity index is 1.76. The van der Waals surface area contributed by atoms with Crippen LogP contribution in [-0.4, -0.2) is 19.1 Å². The highest BCUT2D eigenvalue weighted by Gasteiger charge is 2.05. The molecule has 1 heterocycles. The maximum absolute atomic E-state index is 12.0. The van der Waals surface area contributed by atoms with E-state index in [4.69, 9.17) is 9.15 Å². The average Bonchev–Trinajstić information content (AvgIpc) is 3.01. The van der Waals surface area contributed by atoms with Crippen molar-refractivity contribution in [1.82, 2.24) is 5.32 Å². The summed E-state index contributed by atoms with van der Waals surface area (Å²) >= 11 is 0. The number of carbonyl (C=O) groups is 1. The van der Waals surface area contributed by atoms with Crippen LogP contribution in [0.5, 0.6) is 5.75 Å². The van der Waals surface area contributed by atoms with Crippen LogP contribution in [0.2, 0.25) is 0 Å². The van der Waals surface area contributed by atoms with Crippen molar-refractivity contribution >= 4 is 5.91 Å². The molecule has 0 unspecified atom stereocenters. The van der Waals surface area contributed by atoms with Crippen molar-refractivity contribution in [2.45, 2.75) is 26.2 Å². The summed E-state index contributed by atoms with van der Waals surface area (Å²) in [6.45, 7) is 3.43. The van der Waals surface area contributed by atoms with E-state index in [1.165, 1.54) is 0 Å². The summed E-state index contributed by atoms with van der Waals surface area (Å²) in [6, 6.07) is 9.14. The Labute approximate surface area is 125 Å². The van der Waals surface area contributed by atoms with Gasteiger partial charge in [0.2, 0.25) is 0 Å². The van der Waals surface area contributed by atoms with Crippen molar-refractivity contribution in [2.24, 2.45) is 0 Å². The molecule has 0 fully saturated rings. The molecule has 21 heavy (non-hydrogen) atoms. The normalized spacial score (nSPS) is 10.3. The van der Waals surface area contributed by atoms with Crippen LogP contribution < -0.4 is 10.1 Å². The highest BCUT2D eigenvalue weighted by molar-refractivity contribution is 5.94. The lowest BCUT2D eigenvalue weighted by atomic mass is 10.2.